The fourth-order valence-electron chi connectivity index (χ4n) is 3.07. The predicted octanol–water partition coefficient (Wildman–Crippen LogP) is 5.91. The number of methoxy groups -OCH3 is 1. The first kappa shape index (κ1) is 19.9. The summed E-state index contributed by atoms with van der Waals surface area (Å²) in [6, 6.07) is 8.81. The minimum absolute atomic E-state index is 0.293. The van der Waals surface area contributed by atoms with Gasteiger partial charge in [0.1, 0.15) is 5.75 Å². The summed E-state index contributed by atoms with van der Waals surface area (Å²) in [6.07, 6.45) is 5.35. The Hall–Kier alpha value is -1.88. The third-order valence-electron chi connectivity index (χ3n) is 4.32. The Kier molecular flexibility index (Phi) is 6.53. The number of halogens is 3. The summed E-state index contributed by atoms with van der Waals surface area (Å²) >= 11 is 18.5. The quantitative estimate of drug-likeness (QED) is 0.606. The molecule has 0 aliphatic carbocycles. The number of benzene rings is 2. The molecule has 142 valence electrons. The Morgan fingerprint density at radius 3 is 2.52 bits per heavy atom. The molecule has 1 amide bonds. The molecule has 2 aromatic carbocycles. The van der Waals surface area contributed by atoms with Crippen LogP contribution >= 0.6 is 34.8 Å². The highest BCUT2D eigenvalue weighted by Gasteiger charge is 2.15. The van der Waals surface area contributed by atoms with Crippen LogP contribution in [0, 0.1) is 0 Å². The monoisotopic (exact) mass is 424 g/mol. The zero-order valence-electron chi connectivity index (χ0n) is 14.8. The Morgan fingerprint density at radius 1 is 1.11 bits per heavy atom. The maximum Gasteiger partial charge on any atom is 0.248 e. The van der Waals surface area contributed by atoms with Crippen LogP contribution in [0.3, 0.4) is 0 Å². The first-order valence-corrected chi connectivity index (χ1v) is 9.68. The van der Waals surface area contributed by atoms with Crippen LogP contribution in [0.5, 0.6) is 5.75 Å². The maximum absolute atomic E-state index is 12.2. The number of carbonyl (C=O) groups is 1. The Bertz CT molecular complexity index is 878. The van der Waals surface area contributed by atoms with E-state index in [1.54, 1.807) is 24.3 Å². The van der Waals surface area contributed by atoms with Crippen molar-refractivity contribution in [2.75, 3.05) is 30.4 Å². The lowest BCUT2D eigenvalue weighted by atomic mass is 10.2. The van der Waals surface area contributed by atoms with Gasteiger partial charge in [-0.05, 0) is 49.2 Å². The number of rotatable bonds is 5. The molecule has 0 saturated carbocycles. The van der Waals surface area contributed by atoms with Crippen LogP contribution in [-0.4, -0.2) is 26.1 Å². The van der Waals surface area contributed by atoms with E-state index in [2.05, 4.69) is 10.2 Å². The number of amides is 1. The van der Waals surface area contributed by atoms with Gasteiger partial charge in [-0.15, -0.1) is 0 Å². The summed E-state index contributed by atoms with van der Waals surface area (Å²) in [6.45, 7) is 2.02. The van der Waals surface area contributed by atoms with E-state index >= 15 is 0 Å². The van der Waals surface area contributed by atoms with Crippen LogP contribution in [0.15, 0.2) is 36.4 Å². The van der Waals surface area contributed by atoms with Gasteiger partial charge in [-0.25, -0.2) is 0 Å². The first-order valence-electron chi connectivity index (χ1n) is 8.54. The van der Waals surface area contributed by atoms with Crippen LogP contribution in [-0.2, 0) is 4.79 Å². The molecular formula is C20H19Cl3N2O2. The van der Waals surface area contributed by atoms with Gasteiger partial charge in [-0.3, -0.25) is 4.79 Å². The molecule has 0 atom stereocenters. The number of carbonyl (C=O) groups excluding carboxylic acids is 1. The molecule has 2 aromatic rings. The summed E-state index contributed by atoms with van der Waals surface area (Å²) in [5.74, 6) is 0.168. The van der Waals surface area contributed by atoms with Crippen molar-refractivity contribution in [2.45, 2.75) is 12.8 Å². The van der Waals surface area contributed by atoms with Crippen molar-refractivity contribution in [2.24, 2.45) is 0 Å². The van der Waals surface area contributed by atoms with E-state index in [9.17, 15) is 4.79 Å². The molecule has 1 aliphatic rings. The molecule has 1 fully saturated rings. The van der Waals surface area contributed by atoms with E-state index in [-0.39, 0.29) is 5.91 Å². The summed E-state index contributed by atoms with van der Waals surface area (Å²) in [7, 11) is 1.51. The van der Waals surface area contributed by atoms with Gasteiger partial charge in [-0.1, -0.05) is 34.8 Å². The molecule has 0 bridgehead atoms. The minimum Gasteiger partial charge on any atom is -0.495 e. The smallest absolute Gasteiger partial charge is 0.248 e. The fraction of sp³-hybridized carbons (Fsp3) is 0.250. The second kappa shape index (κ2) is 8.87. The van der Waals surface area contributed by atoms with Crippen LogP contribution in [0.4, 0.5) is 11.4 Å². The predicted molar refractivity (Wildman–Crippen MR) is 114 cm³/mol. The third-order valence-corrected chi connectivity index (χ3v) is 5.12. The molecule has 1 N–H and O–H groups in total. The van der Waals surface area contributed by atoms with Crippen molar-refractivity contribution in [3.05, 3.63) is 57.0 Å². The number of nitrogens with zero attached hydrogens (tertiary/aromatic N) is 1. The highest BCUT2D eigenvalue weighted by molar-refractivity contribution is 6.36. The van der Waals surface area contributed by atoms with Gasteiger partial charge >= 0.3 is 0 Å². The molecule has 1 saturated heterocycles. The lowest BCUT2D eigenvalue weighted by Gasteiger charge is -2.19. The summed E-state index contributed by atoms with van der Waals surface area (Å²) in [4.78, 5) is 14.5. The standard InChI is InChI=1S/C20H19Cl3N2O2/c1-27-20-13(10-14(21)11-17(20)23)4-7-19(26)24-15-5-6-18(16(22)12-15)25-8-2-3-9-25/h4-7,10-12H,2-3,8-9H2,1H3,(H,24,26)/b7-4+. The molecule has 1 aliphatic heterocycles. The van der Waals surface area contributed by atoms with Crippen molar-refractivity contribution in [3.8, 4) is 5.75 Å². The van der Waals surface area contributed by atoms with Crippen molar-refractivity contribution in [3.63, 3.8) is 0 Å². The highest BCUT2D eigenvalue weighted by atomic mass is 35.5. The molecular weight excluding hydrogens is 407 g/mol. The number of hydrogen-bond acceptors (Lipinski definition) is 3. The zero-order valence-corrected chi connectivity index (χ0v) is 17.0. The second-order valence-corrected chi connectivity index (χ2v) is 7.44. The fourth-order valence-corrected chi connectivity index (χ4v) is 3.95. The van der Waals surface area contributed by atoms with E-state index in [1.165, 1.54) is 26.0 Å². The number of nitrogens with one attached hydrogen (secondary N) is 1. The first-order chi connectivity index (χ1) is 13.0. The van der Waals surface area contributed by atoms with E-state index in [1.807, 2.05) is 12.1 Å². The zero-order chi connectivity index (χ0) is 19.4. The third kappa shape index (κ3) is 4.89. The Labute approximate surface area is 173 Å². The van der Waals surface area contributed by atoms with Gasteiger partial charge in [-0.2, -0.15) is 0 Å². The van der Waals surface area contributed by atoms with Gasteiger partial charge in [0.25, 0.3) is 0 Å². The number of ether oxygens (including phenoxy) is 1. The maximum atomic E-state index is 12.2. The van der Waals surface area contributed by atoms with Gasteiger partial charge in [0.15, 0.2) is 0 Å². The van der Waals surface area contributed by atoms with E-state index in [0.717, 1.165) is 18.8 Å². The molecule has 7 heteroatoms. The van der Waals surface area contributed by atoms with Crippen LogP contribution in [0.1, 0.15) is 18.4 Å². The van der Waals surface area contributed by atoms with Gasteiger partial charge in [0, 0.05) is 35.4 Å². The molecule has 27 heavy (non-hydrogen) atoms. The van der Waals surface area contributed by atoms with Crippen LogP contribution in [0.2, 0.25) is 15.1 Å². The van der Waals surface area contributed by atoms with Gasteiger partial charge < -0.3 is 15.0 Å². The van der Waals surface area contributed by atoms with Gasteiger partial charge in [0.2, 0.25) is 5.91 Å². The SMILES string of the molecule is COc1c(Cl)cc(Cl)cc1/C=C/C(=O)Nc1ccc(N2CCCC2)c(Cl)c1. The molecule has 0 spiro atoms. The number of anilines is 2. The molecule has 3 rings (SSSR count). The van der Waals surface area contributed by atoms with Crippen LogP contribution in [0.25, 0.3) is 6.08 Å². The van der Waals surface area contributed by atoms with Gasteiger partial charge in [0.05, 0.1) is 22.8 Å². The van der Waals surface area contributed by atoms with Crippen molar-refractivity contribution in [1.82, 2.24) is 0 Å². The van der Waals surface area contributed by atoms with Crippen molar-refractivity contribution < 1.29 is 9.53 Å². The van der Waals surface area contributed by atoms with Crippen molar-refractivity contribution >= 4 is 58.2 Å². The molecule has 0 aromatic heterocycles. The average molecular weight is 426 g/mol. The highest BCUT2D eigenvalue weighted by Crippen LogP contribution is 2.33. The van der Waals surface area contributed by atoms with E-state index in [0.29, 0.717) is 32.1 Å². The normalized spacial score (nSPS) is 14.0. The minimum atomic E-state index is -0.293. The van der Waals surface area contributed by atoms with E-state index in [4.69, 9.17) is 39.5 Å². The largest absolute Gasteiger partial charge is 0.495 e. The lowest BCUT2D eigenvalue weighted by molar-refractivity contribution is -0.111. The van der Waals surface area contributed by atoms with Crippen LogP contribution < -0.4 is 15.0 Å². The summed E-state index contributed by atoms with van der Waals surface area (Å²) in [5.41, 5.74) is 2.25. The Balaban J connectivity index is 1.71. The summed E-state index contributed by atoms with van der Waals surface area (Å²) in [5, 5.41) is 4.28. The molecule has 0 radical (unpaired) electrons. The topological polar surface area (TPSA) is 41.6 Å². The summed E-state index contributed by atoms with van der Waals surface area (Å²) < 4.78 is 5.26. The van der Waals surface area contributed by atoms with Crippen molar-refractivity contribution in [1.29, 1.82) is 0 Å². The Morgan fingerprint density at radius 2 is 1.85 bits per heavy atom. The second-order valence-electron chi connectivity index (χ2n) is 6.19. The number of hydrogen-bond donors (Lipinski definition) is 1. The van der Waals surface area contributed by atoms with E-state index < -0.39 is 0 Å². The molecule has 1 heterocycles. The molecule has 4 nitrogen and oxygen atoms in total. The molecule has 0 unspecified atom stereocenters. The lowest BCUT2D eigenvalue weighted by Crippen LogP contribution is -2.18. The average Bonchev–Trinajstić information content (AvgIpc) is 3.14.